The van der Waals surface area contributed by atoms with Gasteiger partial charge in [-0.2, -0.15) is 4.57 Å². The van der Waals surface area contributed by atoms with E-state index in [2.05, 4.69) is 69.5 Å². The normalized spacial score (nSPS) is 18.6. The van der Waals surface area contributed by atoms with Gasteiger partial charge in [0.05, 0.1) is 5.69 Å². The van der Waals surface area contributed by atoms with Crippen molar-refractivity contribution in [2.45, 2.75) is 60.4 Å². The van der Waals surface area contributed by atoms with E-state index in [9.17, 15) is 9.90 Å². The second-order valence-electron chi connectivity index (χ2n) is 11.4. The highest BCUT2D eigenvalue weighted by molar-refractivity contribution is 7.18. The fourth-order valence-corrected chi connectivity index (χ4v) is 6.99. The molecule has 0 radical (unpaired) electrons. The second-order valence-corrected chi connectivity index (χ2v) is 12.9. The van der Waals surface area contributed by atoms with Crippen molar-refractivity contribution in [3.8, 4) is 5.75 Å². The van der Waals surface area contributed by atoms with Gasteiger partial charge in [-0.15, -0.1) is 0 Å². The highest BCUT2D eigenvalue weighted by Gasteiger charge is 2.28. The molecule has 1 aliphatic heterocycles. The zero-order chi connectivity index (χ0) is 28.6. The zero-order valence-electron chi connectivity index (χ0n) is 23.7. The number of benzene rings is 2. The number of hydrogen-bond acceptors (Lipinski definition) is 5. The smallest absolute Gasteiger partial charge is 0.263 e. The maximum Gasteiger partial charge on any atom is 0.263 e. The molecular weight excluding hydrogens is 540 g/mol. The molecule has 7 heteroatoms. The van der Waals surface area contributed by atoms with Crippen molar-refractivity contribution < 1.29 is 19.2 Å². The lowest BCUT2D eigenvalue weighted by molar-refractivity contribution is -0.665. The standard InChI is InChI=1S/C33H35ClN2O3S/c1-6-35-27-14-21(2)22(3)15-29(27)40-31(35)17-24-16-23(19-33(4,5)20-24)8-7-9-30-36(13-12-32(37)38)26-18-25(34)10-11-28(26)39-30/h7-11,14-18H,6,12-13,19-20H2,1-5H3. The van der Waals surface area contributed by atoms with Crippen molar-refractivity contribution in [3.63, 3.8) is 0 Å². The Morgan fingerprint density at radius 3 is 2.73 bits per heavy atom. The molecule has 5 rings (SSSR count). The second kappa shape index (κ2) is 11.3. The monoisotopic (exact) mass is 574 g/mol. The van der Waals surface area contributed by atoms with E-state index >= 15 is 0 Å². The van der Waals surface area contributed by atoms with Gasteiger partial charge in [-0.1, -0.05) is 55.0 Å². The number of fused-ring (bicyclic) bond motifs is 2. The lowest BCUT2D eigenvalue weighted by Gasteiger charge is -2.30. The summed E-state index contributed by atoms with van der Waals surface area (Å²) in [6, 6.07) is 9.97. The van der Waals surface area contributed by atoms with Gasteiger partial charge in [-0.05, 0) is 91.6 Å². The summed E-state index contributed by atoms with van der Waals surface area (Å²) in [5.74, 6) is 0.122. The van der Waals surface area contributed by atoms with Crippen LogP contribution in [0.15, 0.2) is 71.7 Å². The van der Waals surface area contributed by atoms with Crippen LogP contribution in [0.1, 0.15) is 56.2 Å². The van der Waals surface area contributed by atoms with Crippen LogP contribution in [0.3, 0.4) is 0 Å². The van der Waals surface area contributed by atoms with Crippen LogP contribution in [0.25, 0.3) is 16.3 Å². The molecule has 208 valence electrons. The number of carboxylic acid groups (broad SMARTS) is 1. The highest BCUT2D eigenvalue weighted by Crippen LogP contribution is 2.42. The molecule has 3 aromatic rings. The average Bonchev–Trinajstić information content (AvgIpc) is 3.38. The van der Waals surface area contributed by atoms with Crippen molar-refractivity contribution in [3.05, 3.63) is 92.8 Å². The Labute approximate surface area is 245 Å². The topological polar surface area (TPSA) is 56.5 Å². The van der Waals surface area contributed by atoms with Gasteiger partial charge >= 0.3 is 0 Å². The maximum atomic E-state index is 11.2. The van der Waals surface area contributed by atoms with Crippen LogP contribution < -0.4 is 19.3 Å². The number of halogens is 1. The Bertz CT molecular complexity index is 1610. The van der Waals surface area contributed by atoms with E-state index < -0.39 is 5.97 Å². The largest absolute Gasteiger partial charge is 0.550 e. The fraction of sp³-hybridized carbons (Fsp3) is 0.333. The molecule has 5 nitrogen and oxygen atoms in total. The van der Waals surface area contributed by atoms with E-state index in [4.69, 9.17) is 16.3 Å². The van der Waals surface area contributed by atoms with E-state index in [-0.39, 0.29) is 18.4 Å². The zero-order valence-corrected chi connectivity index (χ0v) is 25.3. The van der Waals surface area contributed by atoms with Crippen molar-refractivity contribution in [2.75, 3.05) is 11.4 Å². The molecule has 0 spiro atoms. The van der Waals surface area contributed by atoms with Crippen LogP contribution >= 0.6 is 22.9 Å². The first-order valence-corrected chi connectivity index (χ1v) is 14.9. The van der Waals surface area contributed by atoms with Crippen molar-refractivity contribution in [1.82, 2.24) is 0 Å². The molecule has 0 atom stereocenters. The Balaban J connectivity index is 1.44. The third-order valence-corrected chi connectivity index (χ3v) is 8.82. The van der Waals surface area contributed by atoms with Crippen molar-refractivity contribution in [1.29, 1.82) is 0 Å². The minimum Gasteiger partial charge on any atom is -0.550 e. The van der Waals surface area contributed by atoms with Gasteiger partial charge in [-0.3, -0.25) is 0 Å². The summed E-state index contributed by atoms with van der Waals surface area (Å²) < 4.78 is 9.78. The predicted molar refractivity (Wildman–Crippen MR) is 163 cm³/mol. The van der Waals surface area contributed by atoms with Gasteiger partial charge in [-0.25, -0.2) is 0 Å². The lowest BCUT2D eigenvalue weighted by atomic mass is 9.75. The first kappa shape index (κ1) is 28.2. The Kier molecular flexibility index (Phi) is 7.94. The van der Waals surface area contributed by atoms with Crippen molar-refractivity contribution >= 4 is 50.9 Å². The number of nitrogens with zero attached hydrogens (tertiary/aromatic N) is 2. The number of thiazole rings is 1. The van der Waals surface area contributed by atoms with E-state index in [0.29, 0.717) is 16.7 Å². The number of ether oxygens (including phenoxy) is 1. The summed E-state index contributed by atoms with van der Waals surface area (Å²) in [7, 11) is 0. The van der Waals surface area contributed by atoms with Gasteiger partial charge < -0.3 is 19.5 Å². The number of aromatic nitrogens is 1. The first-order valence-electron chi connectivity index (χ1n) is 13.7. The van der Waals surface area contributed by atoms with Gasteiger partial charge in [0.1, 0.15) is 11.2 Å². The van der Waals surface area contributed by atoms with Crippen LogP contribution in [0, 0.1) is 19.3 Å². The lowest BCUT2D eigenvalue weighted by Crippen LogP contribution is -2.33. The predicted octanol–water partition coefficient (Wildman–Crippen LogP) is 7.05. The summed E-state index contributed by atoms with van der Waals surface area (Å²) in [6.45, 7) is 12.4. The summed E-state index contributed by atoms with van der Waals surface area (Å²) >= 11 is 8.06. The summed E-state index contributed by atoms with van der Waals surface area (Å²) in [5.41, 5.74) is 7.40. The number of aryl methyl sites for hydroxylation is 3. The third-order valence-electron chi connectivity index (χ3n) is 7.49. The molecule has 2 aromatic carbocycles. The van der Waals surface area contributed by atoms with Gasteiger partial charge in [0.15, 0.2) is 5.75 Å². The van der Waals surface area contributed by atoms with Gasteiger partial charge in [0, 0.05) is 36.1 Å². The average molecular weight is 575 g/mol. The molecule has 1 aromatic heterocycles. The molecule has 2 aliphatic rings. The molecule has 2 heterocycles. The number of hydrogen-bond donors (Lipinski definition) is 0. The highest BCUT2D eigenvalue weighted by atomic mass is 35.5. The van der Waals surface area contributed by atoms with Crippen LogP contribution in [-0.4, -0.2) is 12.5 Å². The van der Waals surface area contributed by atoms with Gasteiger partial charge in [0.2, 0.25) is 11.4 Å². The number of aliphatic carboxylic acids is 1. The van der Waals surface area contributed by atoms with E-state index in [1.165, 1.54) is 37.5 Å². The molecule has 0 amide bonds. The number of carbonyl (C=O) groups is 1. The molecular formula is C33H35ClN2O3S. The quantitative estimate of drug-likeness (QED) is 0.284. The Hall–Kier alpha value is -3.35. The van der Waals surface area contributed by atoms with E-state index in [1.807, 2.05) is 28.4 Å². The minimum absolute atomic E-state index is 0.113. The maximum absolute atomic E-state index is 11.2. The molecule has 0 unspecified atom stereocenters. The van der Waals surface area contributed by atoms with Crippen molar-refractivity contribution in [2.24, 2.45) is 5.41 Å². The van der Waals surface area contributed by atoms with Crippen LogP contribution in [0.2, 0.25) is 5.02 Å². The molecule has 0 saturated heterocycles. The first-order chi connectivity index (χ1) is 19.0. The Morgan fingerprint density at radius 2 is 1.98 bits per heavy atom. The Morgan fingerprint density at radius 1 is 1.20 bits per heavy atom. The molecule has 0 saturated carbocycles. The molecule has 0 bridgehead atoms. The van der Waals surface area contributed by atoms with Crippen LogP contribution in [0.4, 0.5) is 5.69 Å². The summed E-state index contributed by atoms with van der Waals surface area (Å²) in [4.78, 5) is 13.0. The van der Waals surface area contributed by atoms with E-state index in [1.54, 1.807) is 18.2 Å². The van der Waals surface area contributed by atoms with Crippen LogP contribution in [-0.2, 0) is 11.3 Å². The molecule has 1 aliphatic carbocycles. The summed E-state index contributed by atoms with van der Waals surface area (Å²) in [5, 5.41) is 13.0. The number of anilines is 1. The number of allylic oxidation sites excluding steroid dienone is 6. The SMILES string of the molecule is CC[n+]1c(C=C2C=C(C=CC=C3Oc4ccc(Cl)cc4N3CCC(=O)[O-])CC(C)(C)C2)sc2cc(C)c(C)cc21. The molecule has 0 fully saturated rings. The minimum atomic E-state index is -1.10. The number of rotatable bonds is 7. The van der Waals surface area contributed by atoms with E-state index in [0.717, 1.165) is 25.1 Å². The number of carboxylic acids is 1. The van der Waals surface area contributed by atoms with Crippen LogP contribution in [0.5, 0.6) is 5.75 Å². The summed E-state index contributed by atoms with van der Waals surface area (Å²) in [6.07, 6.45) is 12.5. The fourth-order valence-electron chi connectivity index (χ4n) is 5.54. The van der Waals surface area contributed by atoms with Gasteiger partial charge in [0.25, 0.3) is 5.01 Å². The number of carbonyl (C=O) groups excluding carboxylic acids is 1. The third kappa shape index (κ3) is 6.03. The molecule has 0 N–H and O–H groups in total. The molecule has 40 heavy (non-hydrogen) atoms.